The monoisotopic (exact) mass is 412 g/mol. The molecule has 0 radical (unpaired) electrons. The van der Waals surface area contributed by atoms with Crippen molar-refractivity contribution in [2.75, 3.05) is 5.75 Å². The molecule has 1 aromatic carbocycles. The molecule has 0 aliphatic rings. The molecule has 0 spiro atoms. The van der Waals surface area contributed by atoms with E-state index >= 15 is 0 Å². The van der Waals surface area contributed by atoms with E-state index in [0.717, 1.165) is 22.9 Å². The zero-order valence-electron chi connectivity index (χ0n) is 13.7. The SMILES string of the molecule is CCCn1c(SCC(=O)N[C@@H](CC)c2ccc(Br)cc2)n[nH]c1=O. The van der Waals surface area contributed by atoms with E-state index in [1.54, 1.807) is 4.57 Å². The molecule has 6 nitrogen and oxygen atoms in total. The van der Waals surface area contributed by atoms with Gasteiger partial charge in [-0.05, 0) is 30.5 Å². The summed E-state index contributed by atoms with van der Waals surface area (Å²) in [5, 5.41) is 9.99. The minimum Gasteiger partial charge on any atom is -0.349 e. The van der Waals surface area contributed by atoms with Gasteiger partial charge in [0.25, 0.3) is 0 Å². The predicted octanol–water partition coefficient (Wildman–Crippen LogP) is 3.10. The van der Waals surface area contributed by atoms with Crippen molar-refractivity contribution in [3.05, 3.63) is 44.8 Å². The second kappa shape index (κ2) is 9.08. The Labute approximate surface area is 153 Å². The lowest BCUT2D eigenvalue weighted by Gasteiger charge is -2.17. The summed E-state index contributed by atoms with van der Waals surface area (Å²) in [5.74, 6) is 0.148. The van der Waals surface area contributed by atoms with E-state index in [1.165, 1.54) is 11.8 Å². The fourth-order valence-corrected chi connectivity index (χ4v) is 3.36. The number of H-pyrrole nitrogens is 1. The van der Waals surface area contributed by atoms with Crippen molar-refractivity contribution in [1.82, 2.24) is 20.1 Å². The zero-order valence-corrected chi connectivity index (χ0v) is 16.1. The first-order chi connectivity index (χ1) is 11.5. The molecular weight excluding hydrogens is 392 g/mol. The average Bonchev–Trinajstić information content (AvgIpc) is 2.92. The number of benzene rings is 1. The van der Waals surface area contributed by atoms with Gasteiger partial charge in [-0.15, -0.1) is 5.10 Å². The summed E-state index contributed by atoms with van der Waals surface area (Å²) < 4.78 is 2.57. The van der Waals surface area contributed by atoms with E-state index < -0.39 is 0 Å². The molecule has 0 bridgehead atoms. The molecule has 2 rings (SSSR count). The molecule has 130 valence electrons. The van der Waals surface area contributed by atoms with Gasteiger partial charge < -0.3 is 5.32 Å². The fourth-order valence-electron chi connectivity index (χ4n) is 2.32. The van der Waals surface area contributed by atoms with Gasteiger partial charge in [0.15, 0.2) is 5.16 Å². The van der Waals surface area contributed by atoms with Gasteiger partial charge >= 0.3 is 5.69 Å². The van der Waals surface area contributed by atoms with Gasteiger partial charge in [0.2, 0.25) is 5.91 Å². The maximum absolute atomic E-state index is 12.2. The molecule has 1 atom stereocenters. The van der Waals surface area contributed by atoms with Crippen LogP contribution in [-0.4, -0.2) is 26.4 Å². The Hall–Kier alpha value is -1.54. The van der Waals surface area contributed by atoms with Crippen molar-refractivity contribution < 1.29 is 4.79 Å². The Bertz CT molecular complexity index is 726. The minimum atomic E-state index is -0.235. The van der Waals surface area contributed by atoms with Crippen LogP contribution >= 0.6 is 27.7 Å². The van der Waals surface area contributed by atoms with Gasteiger partial charge in [0.1, 0.15) is 0 Å². The molecule has 1 aromatic heterocycles. The molecule has 1 amide bonds. The molecule has 2 N–H and O–H groups in total. The van der Waals surface area contributed by atoms with Crippen LogP contribution in [0.1, 0.15) is 38.3 Å². The lowest BCUT2D eigenvalue weighted by atomic mass is 10.0. The van der Waals surface area contributed by atoms with E-state index in [4.69, 9.17) is 0 Å². The van der Waals surface area contributed by atoms with Crippen LogP contribution in [0.5, 0.6) is 0 Å². The fraction of sp³-hybridized carbons (Fsp3) is 0.438. The summed E-state index contributed by atoms with van der Waals surface area (Å²) in [4.78, 5) is 23.9. The highest BCUT2D eigenvalue weighted by Crippen LogP contribution is 2.20. The minimum absolute atomic E-state index is 0.0248. The summed E-state index contributed by atoms with van der Waals surface area (Å²) in [6.45, 7) is 4.62. The molecule has 0 fully saturated rings. The van der Waals surface area contributed by atoms with Crippen LogP contribution in [-0.2, 0) is 11.3 Å². The summed E-state index contributed by atoms with van der Waals surface area (Å²) in [6, 6.07) is 7.90. The van der Waals surface area contributed by atoms with Gasteiger partial charge in [-0.2, -0.15) is 0 Å². The maximum Gasteiger partial charge on any atom is 0.343 e. The number of nitrogens with zero attached hydrogens (tertiary/aromatic N) is 2. The number of hydrogen-bond acceptors (Lipinski definition) is 4. The molecule has 8 heteroatoms. The second-order valence-corrected chi connectivity index (χ2v) is 7.19. The van der Waals surface area contributed by atoms with Crippen LogP contribution < -0.4 is 11.0 Å². The molecule has 0 saturated carbocycles. The van der Waals surface area contributed by atoms with E-state index in [0.29, 0.717) is 11.7 Å². The smallest absolute Gasteiger partial charge is 0.343 e. The van der Waals surface area contributed by atoms with Gasteiger partial charge in [-0.3, -0.25) is 9.36 Å². The quantitative estimate of drug-likeness (QED) is 0.652. The molecule has 1 heterocycles. The number of thioether (sulfide) groups is 1. The van der Waals surface area contributed by atoms with E-state index in [9.17, 15) is 9.59 Å². The van der Waals surface area contributed by atoms with E-state index in [1.807, 2.05) is 38.1 Å². The number of amides is 1. The number of carbonyl (C=O) groups is 1. The Kier molecular flexibility index (Phi) is 7.11. The van der Waals surface area contributed by atoms with Crippen molar-refractivity contribution in [3.63, 3.8) is 0 Å². The number of nitrogens with one attached hydrogen (secondary N) is 2. The summed E-state index contributed by atoms with van der Waals surface area (Å²) in [5.41, 5.74) is 0.836. The molecule has 0 aliphatic heterocycles. The van der Waals surface area contributed by atoms with Crippen molar-refractivity contribution in [1.29, 1.82) is 0 Å². The largest absolute Gasteiger partial charge is 0.349 e. The third-order valence-corrected chi connectivity index (χ3v) is 5.02. The Morgan fingerprint density at radius 3 is 2.71 bits per heavy atom. The van der Waals surface area contributed by atoms with E-state index in [2.05, 4.69) is 31.4 Å². The van der Waals surface area contributed by atoms with Gasteiger partial charge in [0, 0.05) is 11.0 Å². The Morgan fingerprint density at radius 2 is 2.08 bits per heavy atom. The first-order valence-electron chi connectivity index (χ1n) is 7.88. The maximum atomic E-state index is 12.2. The van der Waals surface area contributed by atoms with Crippen LogP contribution in [0.3, 0.4) is 0 Å². The van der Waals surface area contributed by atoms with Gasteiger partial charge in [0.05, 0.1) is 11.8 Å². The highest BCUT2D eigenvalue weighted by Gasteiger charge is 2.15. The molecular formula is C16H21BrN4O2S. The highest BCUT2D eigenvalue weighted by atomic mass is 79.9. The Balaban J connectivity index is 1.95. The molecule has 0 saturated heterocycles. The van der Waals surface area contributed by atoms with E-state index in [-0.39, 0.29) is 23.4 Å². The average molecular weight is 413 g/mol. The van der Waals surface area contributed by atoms with Crippen molar-refractivity contribution in [2.24, 2.45) is 0 Å². The summed E-state index contributed by atoms with van der Waals surface area (Å²) in [7, 11) is 0. The van der Waals surface area contributed by atoms with Gasteiger partial charge in [-0.1, -0.05) is 53.7 Å². The standard InChI is InChI=1S/C16H21BrN4O2S/c1-3-9-21-15(23)19-20-16(21)24-10-14(22)18-13(4-2)11-5-7-12(17)8-6-11/h5-8,13H,3-4,9-10H2,1-2H3,(H,18,22)(H,19,23)/t13-/m0/s1. The first kappa shape index (κ1) is 18.8. The lowest BCUT2D eigenvalue weighted by molar-refractivity contribution is -0.119. The molecule has 0 unspecified atom stereocenters. The second-order valence-electron chi connectivity index (χ2n) is 5.33. The first-order valence-corrected chi connectivity index (χ1v) is 9.65. The zero-order chi connectivity index (χ0) is 17.5. The lowest BCUT2D eigenvalue weighted by Crippen LogP contribution is -2.29. The number of hydrogen-bond donors (Lipinski definition) is 2. The van der Waals surface area contributed by atoms with Crippen LogP contribution in [0, 0.1) is 0 Å². The van der Waals surface area contributed by atoms with Crippen molar-refractivity contribution in [2.45, 2.75) is 44.4 Å². The van der Waals surface area contributed by atoms with Crippen LogP contribution in [0.25, 0.3) is 0 Å². The van der Waals surface area contributed by atoms with Crippen LogP contribution in [0.15, 0.2) is 38.7 Å². The topological polar surface area (TPSA) is 79.8 Å². The van der Waals surface area contributed by atoms with Crippen molar-refractivity contribution in [3.8, 4) is 0 Å². The molecule has 24 heavy (non-hydrogen) atoms. The van der Waals surface area contributed by atoms with Crippen molar-refractivity contribution >= 4 is 33.6 Å². The Morgan fingerprint density at radius 1 is 1.38 bits per heavy atom. The third-order valence-electron chi connectivity index (χ3n) is 3.52. The third kappa shape index (κ3) is 4.98. The van der Waals surface area contributed by atoms with Gasteiger partial charge in [-0.25, -0.2) is 9.89 Å². The molecule has 0 aliphatic carbocycles. The number of halogens is 1. The number of aromatic nitrogens is 3. The summed E-state index contributed by atoms with van der Waals surface area (Å²) >= 11 is 4.68. The molecule has 2 aromatic rings. The normalized spacial score (nSPS) is 12.1. The summed E-state index contributed by atoms with van der Waals surface area (Å²) in [6.07, 6.45) is 1.64. The predicted molar refractivity (Wildman–Crippen MR) is 99.2 cm³/mol. The van der Waals surface area contributed by atoms with Crippen LogP contribution in [0.4, 0.5) is 0 Å². The number of carbonyl (C=O) groups excluding carboxylic acids is 1. The number of rotatable bonds is 8. The number of aromatic amines is 1. The highest BCUT2D eigenvalue weighted by molar-refractivity contribution is 9.10. The van der Waals surface area contributed by atoms with Crippen LogP contribution in [0.2, 0.25) is 0 Å².